The molecule has 1 aliphatic heterocycles. The summed E-state index contributed by atoms with van der Waals surface area (Å²) in [6, 6.07) is 9.75. The second-order valence-electron chi connectivity index (χ2n) is 2.62. The van der Waals surface area contributed by atoms with Crippen LogP contribution in [0, 0.1) is 0 Å². The summed E-state index contributed by atoms with van der Waals surface area (Å²) in [6.07, 6.45) is 3.53. The van der Waals surface area contributed by atoms with Crippen LogP contribution >= 0.6 is 0 Å². The fourth-order valence-corrected chi connectivity index (χ4v) is 1.23. The summed E-state index contributed by atoms with van der Waals surface area (Å²) in [7, 11) is 0. The number of para-hydroxylation sites is 1. The van der Waals surface area contributed by atoms with E-state index in [0.717, 1.165) is 17.4 Å². The summed E-state index contributed by atoms with van der Waals surface area (Å²) in [6.45, 7) is 0.723. The second kappa shape index (κ2) is 2.87. The van der Waals surface area contributed by atoms with E-state index < -0.39 is 0 Å². The highest BCUT2D eigenvalue weighted by molar-refractivity contribution is 5.46. The first-order valence-electron chi connectivity index (χ1n) is 3.85. The average Bonchev–Trinajstić information content (AvgIpc) is 2.53. The van der Waals surface area contributed by atoms with Crippen molar-refractivity contribution >= 4 is 5.69 Å². The number of hydrogen-bond donors (Lipinski definition) is 1. The number of rotatable bonds is 1. The topological polar surface area (TPSA) is 26.7 Å². The molecule has 62 valence electrons. The van der Waals surface area contributed by atoms with Gasteiger partial charge in [0.2, 0.25) is 0 Å². The van der Waals surface area contributed by atoms with Gasteiger partial charge in [-0.1, -0.05) is 18.2 Å². The van der Waals surface area contributed by atoms with E-state index in [0.29, 0.717) is 0 Å². The SMILES string of the molecule is ON1C=CCN1c1ccccc1. The molecular formula is C9H10N2O. The molecule has 1 aromatic rings. The van der Waals surface area contributed by atoms with Gasteiger partial charge in [-0.3, -0.25) is 10.2 Å². The quantitative estimate of drug-likeness (QED) is 0.679. The Morgan fingerprint density at radius 2 is 1.92 bits per heavy atom. The van der Waals surface area contributed by atoms with Crippen molar-refractivity contribution in [2.24, 2.45) is 0 Å². The van der Waals surface area contributed by atoms with Crippen molar-refractivity contribution in [3.8, 4) is 0 Å². The number of anilines is 1. The molecule has 1 aromatic carbocycles. The van der Waals surface area contributed by atoms with Crippen LogP contribution in [0.4, 0.5) is 5.69 Å². The number of hydrogen-bond acceptors (Lipinski definition) is 3. The van der Waals surface area contributed by atoms with E-state index in [-0.39, 0.29) is 0 Å². The van der Waals surface area contributed by atoms with Crippen molar-refractivity contribution in [1.82, 2.24) is 5.17 Å². The van der Waals surface area contributed by atoms with Crippen molar-refractivity contribution in [3.05, 3.63) is 42.6 Å². The molecule has 0 aliphatic carbocycles. The first kappa shape index (κ1) is 7.18. The van der Waals surface area contributed by atoms with Gasteiger partial charge in [0.15, 0.2) is 0 Å². The third-order valence-electron chi connectivity index (χ3n) is 1.82. The van der Waals surface area contributed by atoms with Gasteiger partial charge in [0, 0.05) is 6.20 Å². The average molecular weight is 162 g/mol. The van der Waals surface area contributed by atoms with Gasteiger partial charge in [0.25, 0.3) is 0 Å². The minimum atomic E-state index is 0.723. The third-order valence-corrected chi connectivity index (χ3v) is 1.82. The van der Waals surface area contributed by atoms with Crippen LogP contribution in [0.5, 0.6) is 0 Å². The van der Waals surface area contributed by atoms with Crippen LogP contribution in [-0.2, 0) is 0 Å². The second-order valence-corrected chi connectivity index (χ2v) is 2.62. The molecule has 0 radical (unpaired) electrons. The predicted molar refractivity (Wildman–Crippen MR) is 46.6 cm³/mol. The highest BCUT2D eigenvalue weighted by Gasteiger charge is 2.13. The first-order valence-corrected chi connectivity index (χ1v) is 3.85. The van der Waals surface area contributed by atoms with Crippen molar-refractivity contribution in [3.63, 3.8) is 0 Å². The van der Waals surface area contributed by atoms with E-state index in [1.54, 1.807) is 11.2 Å². The minimum absolute atomic E-state index is 0.723. The van der Waals surface area contributed by atoms with Crippen molar-refractivity contribution in [1.29, 1.82) is 0 Å². The Kier molecular flexibility index (Phi) is 1.72. The fourth-order valence-electron chi connectivity index (χ4n) is 1.23. The molecule has 3 nitrogen and oxygen atoms in total. The molecule has 2 rings (SSSR count). The summed E-state index contributed by atoms with van der Waals surface area (Å²) >= 11 is 0. The van der Waals surface area contributed by atoms with Gasteiger partial charge in [-0.05, 0) is 18.2 Å². The van der Waals surface area contributed by atoms with Crippen LogP contribution in [0.2, 0.25) is 0 Å². The van der Waals surface area contributed by atoms with Crippen molar-refractivity contribution in [2.45, 2.75) is 0 Å². The summed E-state index contributed by atoms with van der Waals surface area (Å²) in [4.78, 5) is 0. The molecule has 0 spiro atoms. The molecule has 0 bridgehead atoms. The maximum absolute atomic E-state index is 9.31. The van der Waals surface area contributed by atoms with Crippen LogP contribution in [0.25, 0.3) is 0 Å². The highest BCUT2D eigenvalue weighted by Crippen LogP contribution is 2.17. The Morgan fingerprint density at radius 1 is 1.17 bits per heavy atom. The molecule has 12 heavy (non-hydrogen) atoms. The van der Waals surface area contributed by atoms with Crippen LogP contribution in [0.1, 0.15) is 0 Å². The Labute approximate surface area is 71.1 Å². The molecule has 0 fully saturated rings. The zero-order chi connectivity index (χ0) is 8.39. The molecule has 1 heterocycles. The number of hydroxylamine groups is 1. The van der Waals surface area contributed by atoms with Gasteiger partial charge >= 0.3 is 0 Å². The molecule has 0 amide bonds. The predicted octanol–water partition coefficient (Wildman–Crippen LogP) is 1.63. The van der Waals surface area contributed by atoms with E-state index in [9.17, 15) is 5.21 Å². The number of benzene rings is 1. The highest BCUT2D eigenvalue weighted by atomic mass is 16.5. The molecular weight excluding hydrogens is 152 g/mol. The lowest BCUT2D eigenvalue weighted by Gasteiger charge is -2.24. The third kappa shape index (κ3) is 1.14. The van der Waals surface area contributed by atoms with Gasteiger partial charge in [0.1, 0.15) is 0 Å². The summed E-state index contributed by atoms with van der Waals surface area (Å²) < 4.78 is 0. The maximum Gasteiger partial charge on any atom is 0.0619 e. The van der Waals surface area contributed by atoms with E-state index in [1.165, 1.54) is 0 Å². The first-order chi connectivity index (χ1) is 5.88. The van der Waals surface area contributed by atoms with E-state index in [4.69, 9.17) is 0 Å². The summed E-state index contributed by atoms with van der Waals surface area (Å²) in [5.74, 6) is 0. The van der Waals surface area contributed by atoms with Crippen LogP contribution in [0.15, 0.2) is 42.6 Å². The van der Waals surface area contributed by atoms with Crippen molar-refractivity contribution < 1.29 is 5.21 Å². The molecule has 0 saturated heterocycles. The smallest absolute Gasteiger partial charge is 0.0619 e. The fraction of sp³-hybridized carbons (Fsp3) is 0.111. The minimum Gasteiger partial charge on any atom is -0.269 e. The standard InChI is InChI=1S/C9H10N2O/c12-11-8-4-7-10(11)9-5-2-1-3-6-9/h1-6,8,12H,7H2. The molecule has 1 aliphatic rings. The lowest BCUT2D eigenvalue weighted by atomic mass is 10.3. The van der Waals surface area contributed by atoms with E-state index in [2.05, 4.69) is 0 Å². The Morgan fingerprint density at radius 3 is 2.50 bits per heavy atom. The Balaban J connectivity index is 2.22. The van der Waals surface area contributed by atoms with Gasteiger partial charge in [-0.25, -0.2) is 0 Å². The molecule has 0 unspecified atom stereocenters. The van der Waals surface area contributed by atoms with Crippen LogP contribution in [0.3, 0.4) is 0 Å². The number of hydrazine groups is 1. The van der Waals surface area contributed by atoms with E-state index >= 15 is 0 Å². The van der Waals surface area contributed by atoms with Crippen LogP contribution in [-0.4, -0.2) is 16.9 Å². The molecule has 0 aromatic heterocycles. The number of nitrogens with zero attached hydrogens (tertiary/aromatic N) is 2. The normalized spacial score (nSPS) is 15.8. The lowest BCUT2D eigenvalue weighted by Crippen LogP contribution is -2.32. The van der Waals surface area contributed by atoms with Gasteiger partial charge in [-0.15, -0.1) is 0 Å². The van der Waals surface area contributed by atoms with Crippen LogP contribution < -0.4 is 5.01 Å². The maximum atomic E-state index is 9.31. The van der Waals surface area contributed by atoms with Gasteiger partial charge < -0.3 is 0 Å². The largest absolute Gasteiger partial charge is 0.269 e. The zero-order valence-electron chi connectivity index (χ0n) is 6.59. The zero-order valence-corrected chi connectivity index (χ0v) is 6.59. The molecule has 0 saturated carbocycles. The van der Waals surface area contributed by atoms with Crippen molar-refractivity contribution in [2.75, 3.05) is 11.6 Å². The summed E-state index contributed by atoms with van der Waals surface area (Å²) in [5.41, 5.74) is 0.991. The van der Waals surface area contributed by atoms with Gasteiger partial charge in [0.05, 0.1) is 12.2 Å². The Bertz CT molecular complexity index is 284. The lowest BCUT2D eigenvalue weighted by molar-refractivity contribution is -0.0428. The Hall–Kier alpha value is -1.48. The van der Waals surface area contributed by atoms with Gasteiger partial charge in [-0.2, -0.15) is 5.17 Å². The van der Waals surface area contributed by atoms with E-state index in [1.807, 2.05) is 36.4 Å². The molecule has 1 N–H and O–H groups in total. The molecule has 3 heteroatoms. The monoisotopic (exact) mass is 162 g/mol. The summed E-state index contributed by atoms with van der Waals surface area (Å²) in [5, 5.41) is 12.2. The molecule has 0 atom stereocenters.